The Bertz CT molecular complexity index is 372. The van der Waals surface area contributed by atoms with Crippen LogP contribution in [0.15, 0.2) is 11.6 Å². The number of ether oxygens (including phenoxy) is 2. The molecule has 1 aliphatic carbocycles. The van der Waals surface area contributed by atoms with Gasteiger partial charge in [-0.05, 0) is 25.7 Å². The zero-order chi connectivity index (χ0) is 13.1. The van der Waals surface area contributed by atoms with Crippen molar-refractivity contribution in [1.29, 1.82) is 0 Å². The molecule has 0 radical (unpaired) electrons. The number of carbonyl (C=O) groups excluding carboxylic acids is 2. The quantitative estimate of drug-likeness (QED) is 0.571. The molecule has 4 nitrogen and oxygen atoms in total. The van der Waals surface area contributed by atoms with Crippen LogP contribution in [0.3, 0.4) is 0 Å². The molecular weight excluding hydrogens is 232 g/mol. The SMILES string of the molecule is COC(=O)CCC1=CC[C@H]2[C@H](C)C(=O)O[C@@H]2CC1. The Labute approximate surface area is 107 Å². The van der Waals surface area contributed by atoms with Gasteiger partial charge in [0.1, 0.15) is 6.10 Å². The van der Waals surface area contributed by atoms with Crippen LogP contribution in [0.1, 0.15) is 39.0 Å². The van der Waals surface area contributed by atoms with Crippen molar-refractivity contribution in [3.63, 3.8) is 0 Å². The van der Waals surface area contributed by atoms with Gasteiger partial charge in [-0.25, -0.2) is 0 Å². The van der Waals surface area contributed by atoms with Gasteiger partial charge in [0.2, 0.25) is 0 Å². The zero-order valence-electron chi connectivity index (χ0n) is 11.0. The van der Waals surface area contributed by atoms with Crippen LogP contribution in [0.5, 0.6) is 0 Å². The smallest absolute Gasteiger partial charge is 0.309 e. The molecule has 4 heteroatoms. The minimum atomic E-state index is -0.167. The molecule has 0 N–H and O–H groups in total. The molecule has 0 saturated carbocycles. The molecule has 0 aromatic carbocycles. The summed E-state index contributed by atoms with van der Waals surface area (Å²) in [5, 5.41) is 0. The molecular formula is C14H20O4. The zero-order valence-corrected chi connectivity index (χ0v) is 11.0. The van der Waals surface area contributed by atoms with Gasteiger partial charge in [0, 0.05) is 12.3 Å². The topological polar surface area (TPSA) is 52.6 Å². The first kappa shape index (κ1) is 13.1. The molecule has 2 aliphatic rings. The van der Waals surface area contributed by atoms with Gasteiger partial charge in [-0.2, -0.15) is 0 Å². The largest absolute Gasteiger partial charge is 0.469 e. The van der Waals surface area contributed by atoms with Crippen molar-refractivity contribution in [3.8, 4) is 0 Å². The van der Waals surface area contributed by atoms with Crippen molar-refractivity contribution >= 4 is 11.9 Å². The Morgan fingerprint density at radius 1 is 1.56 bits per heavy atom. The lowest BCUT2D eigenvalue weighted by Crippen LogP contribution is -2.17. The lowest BCUT2D eigenvalue weighted by atomic mass is 9.88. The van der Waals surface area contributed by atoms with E-state index in [1.807, 2.05) is 6.92 Å². The summed E-state index contributed by atoms with van der Waals surface area (Å²) in [5.41, 5.74) is 1.29. The van der Waals surface area contributed by atoms with Crippen molar-refractivity contribution in [1.82, 2.24) is 0 Å². The number of methoxy groups -OCH3 is 1. The highest BCUT2D eigenvalue weighted by Gasteiger charge is 2.41. The summed E-state index contributed by atoms with van der Waals surface area (Å²) in [7, 11) is 1.41. The van der Waals surface area contributed by atoms with E-state index in [0.29, 0.717) is 12.3 Å². The molecule has 0 amide bonds. The predicted octanol–water partition coefficient (Wildman–Crippen LogP) is 2.23. The summed E-state index contributed by atoms with van der Waals surface area (Å²) >= 11 is 0. The standard InChI is InChI=1S/C14H20O4/c1-9-11-6-3-10(5-8-13(15)17-2)4-7-12(11)18-14(9)16/h3,9,11-12H,4-8H2,1-2H3/t9-,11-,12+/m0/s1. The van der Waals surface area contributed by atoms with E-state index >= 15 is 0 Å². The maximum atomic E-state index is 11.5. The molecule has 0 spiro atoms. The van der Waals surface area contributed by atoms with Crippen LogP contribution >= 0.6 is 0 Å². The first-order valence-corrected chi connectivity index (χ1v) is 6.57. The molecule has 100 valence electrons. The third-order valence-electron chi connectivity index (χ3n) is 4.07. The Morgan fingerprint density at radius 3 is 3.06 bits per heavy atom. The normalized spacial score (nSPS) is 31.1. The molecule has 3 atom stereocenters. The minimum Gasteiger partial charge on any atom is -0.469 e. The van der Waals surface area contributed by atoms with Gasteiger partial charge < -0.3 is 9.47 Å². The van der Waals surface area contributed by atoms with Crippen molar-refractivity contribution in [2.45, 2.75) is 45.1 Å². The van der Waals surface area contributed by atoms with Crippen LogP contribution in [0.2, 0.25) is 0 Å². The Hall–Kier alpha value is -1.32. The predicted molar refractivity (Wildman–Crippen MR) is 65.7 cm³/mol. The molecule has 0 bridgehead atoms. The van der Waals surface area contributed by atoms with E-state index in [0.717, 1.165) is 25.7 Å². The summed E-state index contributed by atoms with van der Waals surface area (Å²) in [6.45, 7) is 1.94. The number of fused-ring (bicyclic) bond motifs is 1. The van der Waals surface area contributed by atoms with Gasteiger partial charge in [0.25, 0.3) is 0 Å². The van der Waals surface area contributed by atoms with Crippen LogP contribution < -0.4 is 0 Å². The second-order valence-corrected chi connectivity index (χ2v) is 5.14. The maximum Gasteiger partial charge on any atom is 0.309 e. The van der Waals surface area contributed by atoms with Gasteiger partial charge in [-0.3, -0.25) is 9.59 Å². The van der Waals surface area contributed by atoms with E-state index in [9.17, 15) is 9.59 Å². The minimum absolute atomic E-state index is 0.00575. The highest BCUT2D eigenvalue weighted by Crippen LogP contribution is 2.37. The number of rotatable bonds is 3. The summed E-state index contributed by atoms with van der Waals surface area (Å²) < 4.78 is 10.0. The molecule has 0 aromatic heterocycles. The first-order valence-electron chi connectivity index (χ1n) is 6.57. The van der Waals surface area contributed by atoms with E-state index in [2.05, 4.69) is 10.8 Å². The summed E-state index contributed by atoms with van der Waals surface area (Å²) in [6, 6.07) is 0. The second-order valence-electron chi connectivity index (χ2n) is 5.14. The van der Waals surface area contributed by atoms with Crippen molar-refractivity contribution < 1.29 is 19.1 Å². The van der Waals surface area contributed by atoms with Crippen LogP contribution in [-0.2, 0) is 19.1 Å². The van der Waals surface area contributed by atoms with Gasteiger partial charge >= 0.3 is 11.9 Å². The van der Waals surface area contributed by atoms with Crippen LogP contribution in [0.4, 0.5) is 0 Å². The molecule has 1 heterocycles. The molecule has 1 aliphatic heterocycles. The second kappa shape index (κ2) is 5.55. The van der Waals surface area contributed by atoms with Crippen LogP contribution in [-0.4, -0.2) is 25.2 Å². The third-order valence-corrected chi connectivity index (χ3v) is 4.07. The van der Waals surface area contributed by atoms with Gasteiger partial charge in [0.15, 0.2) is 0 Å². The fourth-order valence-electron chi connectivity index (χ4n) is 2.79. The lowest BCUT2D eigenvalue weighted by molar-refractivity contribution is -0.144. The Morgan fingerprint density at radius 2 is 2.33 bits per heavy atom. The monoisotopic (exact) mass is 252 g/mol. The van der Waals surface area contributed by atoms with Crippen molar-refractivity contribution in [2.75, 3.05) is 7.11 Å². The van der Waals surface area contributed by atoms with E-state index in [4.69, 9.17) is 4.74 Å². The summed E-state index contributed by atoms with van der Waals surface area (Å²) in [5.74, 6) is 0.0934. The number of hydrogen-bond acceptors (Lipinski definition) is 4. The summed E-state index contributed by atoms with van der Waals surface area (Å²) in [6.07, 6.45) is 6.13. The van der Waals surface area contributed by atoms with E-state index in [1.54, 1.807) is 0 Å². The average molecular weight is 252 g/mol. The Kier molecular flexibility index (Phi) is 4.04. The van der Waals surface area contributed by atoms with Crippen molar-refractivity contribution in [2.24, 2.45) is 11.8 Å². The van der Waals surface area contributed by atoms with E-state index in [1.165, 1.54) is 12.7 Å². The van der Waals surface area contributed by atoms with Gasteiger partial charge in [-0.1, -0.05) is 18.6 Å². The molecule has 18 heavy (non-hydrogen) atoms. The first-order chi connectivity index (χ1) is 8.61. The highest BCUT2D eigenvalue weighted by atomic mass is 16.6. The number of carbonyl (C=O) groups is 2. The number of allylic oxidation sites excluding steroid dienone is 2. The van der Waals surface area contributed by atoms with Gasteiger partial charge in [-0.15, -0.1) is 0 Å². The van der Waals surface area contributed by atoms with Gasteiger partial charge in [0.05, 0.1) is 13.0 Å². The van der Waals surface area contributed by atoms with E-state index < -0.39 is 0 Å². The summed E-state index contributed by atoms with van der Waals surface area (Å²) in [4.78, 5) is 22.6. The number of hydrogen-bond donors (Lipinski definition) is 0. The molecule has 0 unspecified atom stereocenters. The lowest BCUT2D eigenvalue weighted by Gasteiger charge is -2.14. The Balaban J connectivity index is 1.92. The van der Waals surface area contributed by atoms with Crippen LogP contribution in [0.25, 0.3) is 0 Å². The molecule has 1 saturated heterocycles. The fourth-order valence-corrected chi connectivity index (χ4v) is 2.79. The average Bonchev–Trinajstić information content (AvgIpc) is 2.55. The molecule has 1 fully saturated rings. The maximum absolute atomic E-state index is 11.5. The fraction of sp³-hybridized carbons (Fsp3) is 0.714. The highest BCUT2D eigenvalue weighted by molar-refractivity contribution is 5.75. The third kappa shape index (κ3) is 2.74. The molecule has 0 aromatic rings. The number of esters is 2. The van der Waals surface area contributed by atoms with E-state index in [-0.39, 0.29) is 24.0 Å². The van der Waals surface area contributed by atoms with Crippen molar-refractivity contribution in [3.05, 3.63) is 11.6 Å². The molecule has 2 rings (SSSR count). The van der Waals surface area contributed by atoms with Crippen LogP contribution in [0, 0.1) is 11.8 Å².